The molecular formula is C10H8N2O5S. The van der Waals surface area contributed by atoms with Crippen LogP contribution in [0.4, 0.5) is 11.4 Å². The molecule has 94 valence electrons. The van der Waals surface area contributed by atoms with Gasteiger partial charge < -0.3 is 5.73 Å². The molecule has 0 amide bonds. The van der Waals surface area contributed by atoms with Crippen LogP contribution in [0.25, 0.3) is 10.8 Å². The maximum atomic E-state index is 11.0. The van der Waals surface area contributed by atoms with Crippen molar-refractivity contribution in [3.63, 3.8) is 0 Å². The third kappa shape index (κ3) is 2.11. The average Bonchev–Trinajstić information content (AvgIpc) is 2.25. The monoisotopic (exact) mass is 268 g/mol. The van der Waals surface area contributed by atoms with E-state index in [0.29, 0.717) is 11.1 Å². The Morgan fingerprint density at radius 1 is 1.22 bits per heavy atom. The highest BCUT2D eigenvalue weighted by Crippen LogP contribution is 2.30. The zero-order valence-electron chi connectivity index (χ0n) is 8.90. The predicted octanol–water partition coefficient (Wildman–Crippen LogP) is 1.58. The van der Waals surface area contributed by atoms with Crippen molar-refractivity contribution < 1.29 is 17.9 Å². The van der Waals surface area contributed by atoms with E-state index >= 15 is 0 Å². The van der Waals surface area contributed by atoms with Crippen LogP contribution in [0.2, 0.25) is 0 Å². The van der Waals surface area contributed by atoms with Gasteiger partial charge in [0, 0.05) is 11.8 Å². The molecule has 0 fully saturated rings. The van der Waals surface area contributed by atoms with Crippen molar-refractivity contribution >= 4 is 32.3 Å². The second kappa shape index (κ2) is 3.93. The molecule has 2 rings (SSSR count). The maximum absolute atomic E-state index is 11.0. The second-order valence-corrected chi connectivity index (χ2v) is 5.08. The van der Waals surface area contributed by atoms with Crippen molar-refractivity contribution in [3.05, 3.63) is 40.4 Å². The number of nitrogens with two attached hydrogens (primary N) is 1. The van der Waals surface area contributed by atoms with Gasteiger partial charge in [-0.1, -0.05) is 6.07 Å². The van der Waals surface area contributed by atoms with E-state index in [-0.39, 0.29) is 5.39 Å². The molecule has 0 aliphatic carbocycles. The van der Waals surface area contributed by atoms with Gasteiger partial charge in [0.05, 0.1) is 10.3 Å². The number of nitro groups is 1. The normalized spacial score (nSPS) is 11.6. The quantitative estimate of drug-likeness (QED) is 0.369. The minimum atomic E-state index is -4.50. The van der Waals surface area contributed by atoms with E-state index in [0.717, 1.165) is 12.1 Å². The van der Waals surface area contributed by atoms with Crippen LogP contribution in [-0.4, -0.2) is 17.9 Å². The zero-order chi connectivity index (χ0) is 13.5. The van der Waals surface area contributed by atoms with Gasteiger partial charge in [0.25, 0.3) is 15.8 Å². The van der Waals surface area contributed by atoms with E-state index in [1.165, 1.54) is 18.2 Å². The number of nitro benzene ring substituents is 1. The first-order valence-corrected chi connectivity index (χ1v) is 6.18. The number of benzene rings is 2. The number of nitrogens with zero attached hydrogens (tertiary/aromatic N) is 1. The van der Waals surface area contributed by atoms with Gasteiger partial charge in [0.15, 0.2) is 0 Å². The smallest absolute Gasteiger partial charge is 0.294 e. The van der Waals surface area contributed by atoms with Crippen LogP contribution in [-0.2, 0) is 10.1 Å². The van der Waals surface area contributed by atoms with Crippen molar-refractivity contribution in [2.45, 2.75) is 4.90 Å². The van der Waals surface area contributed by atoms with Crippen molar-refractivity contribution in [1.29, 1.82) is 0 Å². The largest absolute Gasteiger partial charge is 0.399 e. The lowest BCUT2D eigenvalue weighted by molar-refractivity contribution is -0.383. The van der Waals surface area contributed by atoms with E-state index in [1.54, 1.807) is 0 Å². The Morgan fingerprint density at radius 3 is 2.44 bits per heavy atom. The summed E-state index contributed by atoms with van der Waals surface area (Å²) in [5.41, 5.74) is 5.43. The number of nitrogen functional groups attached to an aromatic ring is 1. The van der Waals surface area contributed by atoms with Gasteiger partial charge in [-0.2, -0.15) is 8.42 Å². The third-order valence-electron chi connectivity index (χ3n) is 2.42. The Hall–Kier alpha value is -2.19. The number of rotatable bonds is 2. The first-order valence-electron chi connectivity index (χ1n) is 4.74. The first kappa shape index (κ1) is 12.3. The van der Waals surface area contributed by atoms with Gasteiger partial charge >= 0.3 is 0 Å². The fourth-order valence-corrected chi connectivity index (χ4v) is 2.17. The summed E-state index contributed by atoms with van der Waals surface area (Å²) in [4.78, 5) is 9.65. The Kier molecular flexibility index (Phi) is 2.68. The lowest BCUT2D eigenvalue weighted by Gasteiger charge is -2.04. The van der Waals surface area contributed by atoms with Crippen molar-refractivity contribution in [3.8, 4) is 0 Å². The Morgan fingerprint density at radius 2 is 1.89 bits per heavy atom. The molecule has 0 radical (unpaired) electrons. The minimum Gasteiger partial charge on any atom is -0.399 e. The topological polar surface area (TPSA) is 124 Å². The SMILES string of the molecule is Nc1ccc2cc(S(=O)(=O)O)cc([N+](=O)[O-])c2c1. The second-order valence-electron chi connectivity index (χ2n) is 3.66. The summed E-state index contributed by atoms with van der Waals surface area (Å²) in [5, 5.41) is 11.4. The highest BCUT2D eigenvalue weighted by molar-refractivity contribution is 7.85. The molecule has 0 aromatic heterocycles. The zero-order valence-corrected chi connectivity index (χ0v) is 9.72. The fraction of sp³-hybridized carbons (Fsp3) is 0. The lowest BCUT2D eigenvalue weighted by Crippen LogP contribution is -2.00. The summed E-state index contributed by atoms with van der Waals surface area (Å²) in [6.45, 7) is 0. The van der Waals surface area contributed by atoms with Gasteiger partial charge in [-0.25, -0.2) is 0 Å². The van der Waals surface area contributed by atoms with E-state index in [9.17, 15) is 18.5 Å². The molecular weight excluding hydrogens is 260 g/mol. The molecule has 3 N–H and O–H groups in total. The standard InChI is InChI=1S/C10H8N2O5S/c11-7-2-1-6-3-8(18(15,16)17)5-10(12(13)14)9(6)4-7/h1-5H,11H2,(H,15,16,17). The van der Waals surface area contributed by atoms with E-state index in [1.807, 2.05) is 0 Å². The molecule has 0 aliphatic heterocycles. The van der Waals surface area contributed by atoms with Gasteiger partial charge in [0.2, 0.25) is 0 Å². The molecule has 0 saturated carbocycles. The predicted molar refractivity (Wildman–Crippen MR) is 64.8 cm³/mol. The maximum Gasteiger partial charge on any atom is 0.294 e. The van der Waals surface area contributed by atoms with Crippen LogP contribution in [0.15, 0.2) is 35.2 Å². The summed E-state index contributed by atoms with van der Waals surface area (Å²) in [6.07, 6.45) is 0. The molecule has 0 heterocycles. The van der Waals surface area contributed by atoms with Crippen LogP contribution in [0.5, 0.6) is 0 Å². The third-order valence-corrected chi connectivity index (χ3v) is 3.26. The minimum absolute atomic E-state index is 0.215. The highest BCUT2D eigenvalue weighted by atomic mass is 32.2. The molecule has 2 aromatic rings. The Balaban J connectivity index is 2.92. The van der Waals surface area contributed by atoms with Crippen LogP contribution in [0, 0.1) is 10.1 Å². The first-order chi connectivity index (χ1) is 8.29. The molecule has 18 heavy (non-hydrogen) atoms. The summed E-state index contributed by atoms with van der Waals surface area (Å²) in [5.74, 6) is 0. The number of anilines is 1. The Bertz CT molecular complexity index is 754. The van der Waals surface area contributed by atoms with Crippen LogP contribution in [0.3, 0.4) is 0 Å². The molecule has 0 atom stereocenters. The molecule has 2 aromatic carbocycles. The van der Waals surface area contributed by atoms with Crippen LogP contribution in [0.1, 0.15) is 0 Å². The van der Waals surface area contributed by atoms with E-state index in [4.69, 9.17) is 10.3 Å². The summed E-state index contributed by atoms with van der Waals surface area (Å²) >= 11 is 0. The molecule has 0 unspecified atom stereocenters. The fourth-order valence-electron chi connectivity index (χ4n) is 1.63. The highest BCUT2D eigenvalue weighted by Gasteiger charge is 2.19. The van der Waals surface area contributed by atoms with Gasteiger partial charge in [-0.3, -0.25) is 14.7 Å². The van der Waals surface area contributed by atoms with Crippen molar-refractivity contribution in [2.75, 3.05) is 5.73 Å². The Labute approximate surface area is 102 Å². The number of hydrogen-bond acceptors (Lipinski definition) is 5. The van der Waals surface area contributed by atoms with Crippen molar-refractivity contribution in [1.82, 2.24) is 0 Å². The molecule has 8 heteroatoms. The molecule has 7 nitrogen and oxygen atoms in total. The molecule has 0 aliphatic rings. The van der Waals surface area contributed by atoms with Gasteiger partial charge in [-0.15, -0.1) is 0 Å². The van der Waals surface area contributed by atoms with Crippen LogP contribution >= 0.6 is 0 Å². The van der Waals surface area contributed by atoms with Gasteiger partial charge in [-0.05, 0) is 23.6 Å². The van der Waals surface area contributed by atoms with Crippen LogP contribution < -0.4 is 5.73 Å². The number of non-ortho nitro benzene ring substituents is 1. The lowest BCUT2D eigenvalue weighted by atomic mass is 10.1. The van der Waals surface area contributed by atoms with Crippen molar-refractivity contribution in [2.24, 2.45) is 0 Å². The summed E-state index contributed by atoms with van der Waals surface area (Å²) in [7, 11) is -4.50. The number of fused-ring (bicyclic) bond motifs is 1. The average molecular weight is 268 g/mol. The number of hydrogen-bond donors (Lipinski definition) is 2. The molecule has 0 saturated heterocycles. The summed E-state index contributed by atoms with van der Waals surface area (Å²) in [6, 6.07) is 6.27. The summed E-state index contributed by atoms with van der Waals surface area (Å²) < 4.78 is 31.0. The van der Waals surface area contributed by atoms with E-state index in [2.05, 4.69) is 0 Å². The van der Waals surface area contributed by atoms with E-state index < -0.39 is 25.6 Å². The van der Waals surface area contributed by atoms with Gasteiger partial charge in [0.1, 0.15) is 4.90 Å². The molecule has 0 spiro atoms. The molecule has 0 bridgehead atoms.